The maximum atomic E-state index is 13.6. The van der Waals surface area contributed by atoms with Gasteiger partial charge in [0.05, 0.1) is 37.8 Å². The quantitative estimate of drug-likeness (QED) is 0.230. The van der Waals surface area contributed by atoms with E-state index in [1.54, 1.807) is 73.2 Å². The van der Waals surface area contributed by atoms with Gasteiger partial charge in [-0.15, -0.1) is 21.5 Å². The van der Waals surface area contributed by atoms with E-state index in [0.29, 0.717) is 49.1 Å². The standard InChI is InChI=1S/C26H24ClN5O5S/c1-15-30-31-22(14-28-26(35)29-16-7-6-8-17(11-16)36-2)32(15)25-20(12-18(38-25)13-23(33)37-3)24(34)19-9-4-5-10-21(19)27/h4-12H,13-14H2,1-3H3,(H2,28,29,35). The highest BCUT2D eigenvalue weighted by Crippen LogP contribution is 2.32. The number of carbonyl (C=O) groups excluding carboxylic acids is 3. The van der Waals surface area contributed by atoms with Gasteiger partial charge in [-0.1, -0.05) is 29.8 Å². The second-order valence-corrected chi connectivity index (χ2v) is 9.55. The Balaban J connectivity index is 1.64. The highest BCUT2D eigenvalue weighted by Gasteiger charge is 2.25. The van der Waals surface area contributed by atoms with Crippen molar-refractivity contribution in [2.75, 3.05) is 19.5 Å². The van der Waals surface area contributed by atoms with Gasteiger partial charge in [-0.25, -0.2) is 4.79 Å². The summed E-state index contributed by atoms with van der Waals surface area (Å²) in [6.07, 6.45) is -0.0122. The molecule has 0 saturated heterocycles. The Bertz CT molecular complexity index is 1500. The Hall–Kier alpha value is -4.22. The van der Waals surface area contributed by atoms with E-state index in [9.17, 15) is 14.4 Å². The zero-order chi connectivity index (χ0) is 27.2. The number of nitrogens with one attached hydrogen (secondary N) is 2. The van der Waals surface area contributed by atoms with E-state index in [0.717, 1.165) is 0 Å². The van der Waals surface area contributed by atoms with E-state index >= 15 is 0 Å². The van der Waals surface area contributed by atoms with Gasteiger partial charge in [0.25, 0.3) is 0 Å². The lowest BCUT2D eigenvalue weighted by atomic mass is 10.0. The van der Waals surface area contributed by atoms with E-state index in [2.05, 4.69) is 20.8 Å². The molecule has 4 aromatic rings. The van der Waals surface area contributed by atoms with E-state index in [1.165, 1.54) is 18.4 Å². The number of rotatable bonds is 9. The number of hydrogen-bond donors (Lipinski definition) is 2. The summed E-state index contributed by atoms with van der Waals surface area (Å²) >= 11 is 7.54. The van der Waals surface area contributed by atoms with Crippen LogP contribution in [0.1, 0.15) is 32.4 Å². The fraction of sp³-hybridized carbons (Fsp3) is 0.192. The summed E-state index contributed by atoms with van der Waals surface area (Å²) in [6.45, 7) is 1.75. The Labute approximate surface area is 227 Å². The highest BCUT2D eigenvalue weighted by molar-refractivity contribution is 7.15. The van der Waals surface area contributed by atoms with Crippen molar-refractivity contribution < 1.29 is 23.9 Å². The molecule has 0 radical (unpaired) electrons. The van der Waals surface area contributed by atoms with Crippen LogP contribution in [0.2, 0.25) is 5.02 Å². The van der Waals surface area contributed by atoms with Gasteiger partial charge in [-0.3, -0.25) is 14.2 Å². The average Bonchev–Trinajstić information content (AvgIpc) is 3.49. The van der Waals surface area contributed by atoms with Crippen LogP contribution in [0.4, 0.5) is 10.5 Å². The molecule has 0 saturated carbocycles. The van der Waals surface area contributed by atoms with E-state index in [-0.39, 0.29) is 18.7 Å². The number of nitrogens with zero attached hydrogens (tertiary/aromatic N) is 3. The largest absolute Gasteiger partial charge is 0.497 e. The molecular formula is C26H24ClN5O5S. The number of esters is 1. The number of halogens is 1. The number of methoxy groups -OCH3 is 2. The zero-order valence-electron chi connectivity index (χ0n) is 20.8. The Morgan fingerprint density at radius 1 is 1.03 bits per heavy atom. The predicted molar refractivity (Wildman–Crippen MR) is 143 cm³/mol. The number of ether oxygens (including phenoxy) is 2. The number of hydrogen-bond acceptors (Lipinski definition) is 8. The van der Waals surface area contributed by atoms with Crippen LogP contribution < -0.4 is 15.4 Å². The van der Waals surface area contributed by atoms with E-state index < -0.39 is 12.0 Å². The van der Waals surface area contributed by atoms with Gasteiger partial charge in [0.15, 0.2) is 11.6 Å². The van der Waals surface area contributed by atoms with Crippen LogP contribution in [0.25, 0.3) is 5.00 Å². The van der Waals surface area contributed by atoms with Crippen LogP contribution in [0.5, 0.6) is 5.75 Å². The second-order valence-electron chi connectivity index (χ2n) is 8.03. The Kier molecular flexibility index (Phi) is 8.39. The fourth-order valence-corrected chi connectivity index (χ4v) is 5.10. The second kappa shape index (κ2) is 11.9. The Morgan fingerprint density at radius 2 is 1.82 bits per heavy atom. The van der Waals surface area contributed by atoms with Gasteiger partial charge < -0.3 is 20.1 Å². The summed E-state index contributed by atoms with van der Waals surface area (Å²) < 4.78 is 11.7. The minimum absolute atomic E-state index is 0.0122. The number of thiophene rings is 1. The summed E-state index contributed by atoms with van der Waals surface area (Å²) in [4.78, 5) is 38.7. The molecule has 4 rings (SSSR count). The fourth-order valence-electron chi connectivity index (χ4n) is 3.67. The molecule has 2 heterocycles. The first-order chi connectivity index (χ1) is 18.3. The third-order valence-electron chi connectivity index (χ3n) is 5.50. The first-order valence-corrected chi connectivity index (χ1v) is 12.6. The number of aryl methyl sites for hydroxylation is 1. The van der Waals surface area contributed by atoms with Crippen LogP contribution in [0.15, 0.2) is 54.6 Å². The van der Waals surface area contributed by atoms with Gasteiger partial charge in [0.2, 0.25) is 0 Å². The highest BCUT2D eigenvalue weighted by atomic mass is 35.5. The van der Waals surface area contributed by atoms with Crippen molar-refractivity contribution in [3.8, 4) is 10.8 Å². The SMILES string of the molecule is COC(=O)Cc1cc(C(=O)c2ccccc2Cl)c(-n2c(C)nnc2CNC(=O)Nc2cccc(OC)c2)s1. The Morgan fingerprint density at radius 3 is 2.55 bits per heavy atom. The van der Waals surface area contributed by atoms with Crippen LogP contribution >= 0.6 is 22.9 Å². The molecule has 2 aromatic heterocycles. The van der Waals surface area contributed by atoms with Gasteiger partial charge >= 0.3 is 12.0 Å². The molecule has 0 unspecified atom stereocenters. The molecule has 196 valence electrons. The molecule has 0 fully saturated rings. The predicted octanol–water partition coefficient (Wildman–Crippen LogP) is 4.57. The lowest BCUT2D eigenvalue weighted by molar-refractivity contribution is -0.139. The van der Waals surface area contributed by atoms with Gasteiger partial charge in [0, 0.05) is 22.2 Å². The molecule has 2 amide bonds. The third-order valence-corrected chi connectivity index (χ3v) is 6.95. The van der Waals surface area contributed by atoms with Crippen LogP contribution in [0, 0.1) is 6.92 Å². The van der Waals surface area contributed by atoms with Crippen molar-refractivity contribution in [2.45, 2.75) is 19.9 Å². The van der Waals surface area contributed by atoms with Crippen molar-refractivity contribution in [3.05, 3.63) is 87.3 Å². The summed E-state index contributed by atoms with van der Waals surface area (Å²) in [5, 5.41) is 14.7. The van der Waals surface area contributed by atoms with Crippen molar-refractivity contribution in [3.63, 3.8) is 0 Å². The van der Waals surface area contributed by atoms with Crippen molar-refractivity contribution in [2.24, 2.45) is 0 Å². The molecule has 0 atom stereocenters. The number of ketones is 1. The monoisotopic (exact) mass is 553 g/mol. The molecule has 0 aliphatic rings. The summed E-state index contributed by atoms with van der Waals surface area (Å²) in [6, 6.07) is 14.9. The summed E-state index contributed by atoms with van der Waals surface area (Å²) in [5.41, 5.74) is 1.20. The average molecular weight is 554 g/mol. The van der Waals surface area contributed by atoms with Gasteiger partial charge in [0.1, 0.15) is 16.6 Å². The van der Waals surface area contributed by atoms with Crippen LogP contribution in [0.3, 0.4) is 0 Å². The molecule has 38 heavy (non-hydrogen) atoms. The van der Waals surface area contributed by atoms with Crippen LogP contribution in [-0.4, -0.2) is 46.8 Å². The smallest absolute Gasteiger partial charge is 0.319 e. The lowest BCUT2D eigenvalue weighted by Gasteiger charge is -2.11. The molecule has 2 aromatic carbocycles. The van der Waals surface area contributed by atoms with Gasteiger partial charge in [-0.05, 0) is 37.3 Å². The molecule has 2 N–H and O–H groups in total. The maximum Gasteiger partial charge on any atom is 0.319 e. The summed E-state index contributed by atoms with van der Waals surface area (Å²) in [5.74, 6) is 0.735. The maximum absolute atomic E-state index is 13.6. The number of amides is 2. The molecule has 12 heteroatoms. The number of carbonyl (C=O) groups is 3. The number of aromatic nitrogens is 3. The minimum atomic E-state index is -0.463. The zero-order valence-corrected chi connectivity index (χ0v) is 22.4. The molecule has 0 aliphatic carbocycles. The lowest BCUT2D eigenvalue weighted by Crippen LogP contribution is -2.29. The number of anilines is 1. The molecule has 0 spiro atoms. The topological polar surface area (TPSA) is 124 Å². The third kappa shape index (κ3) is 6.01. The minimum Gasteiger partial charge on any atom is -0.497 e. The number of urea groups is 1. The van der Waals surface area contributed by atoms with Crippen LogP contribution in [-0.2, 0) is 22.5 Å². The molecule has 0 aliphatic heterocycles. The molecule has 10 nitrogen and oxygen atoms in total. The first-order valence-electron chi connectivity index (χ1n) is 11.4. The molecule has 0 bridgehead atoms. The number of benzene rings is 2. The molecular weight excluding hydrogens is 530 g/mol. The van der Waals surface area contributed by atoms with Gasteiger partial charge in [-0.2, -0.15) is 0 Å². The first kappa shape index (κ1) is 26.8. The normalized spacial score (nSPS) is 10.6. The van der Waals surface area contributed by atoms with E-state index in [1.807, 2.05) is 0 Å². The van der Waals surface area contributed by atoms with Crippen molar-refractivity contribution in [1.29, 1.82) is 0 Å². The van der Waals surface area contributed by atoms with Crippen molar-refractivity contribution >= 4 is 46.4 Å². The van der Waals surface area contributed by atoms with Crippen molar-refractivity contribution in [1.82, 2.24) is 20.1 Å². The van der Waals surface area contributed by atoms with E-state index in [4.69, 9.17) is 21.1 Å². The summed E-state index contributed by atoms with van der Waals surface area (Å²) in [7, 11) is 2.84.